The van der Waals surface area contributed by atoms with E-state index in [0.29, 0.717) is 12.0 Å². The predicted octanol–water partition coefficient (Wildman–Crippen LogP) is 3.00. The first-order valence-corrected chi connectivity index (χ1v) is 5.11. The normalized spacial score (nSPS) is 10.5. The molecule has 0 fully saturated rings. The summed E-state index contributed by atoms with van der Waals surface area (Å²) in [5, 5.41) is 3.13. The van der Waals surface area contributed by atoms with Crippen molar-refractivity contribution >= 4 is 27.5 Å². The van der Waals surface area contributed by atoms with Crippen LogP contribution in [-0.2, 0) is 6.42 Å². The second-order valence-corrected chi connectivity index (χ2v) is 3.94. The van der Waals surface area contributed by atoms with Gasteiger partial charge in [-0.05, 0) is 32.1 Å². The number of rotatable bonds is 3. The molecule has 0 amide bonds. The van der Waals surface area contributed by atoms with Gasteiger partial charge in [-0.25, -0.2) is 4.39 Å². The number of hydrogen-bond acceptors (Lipinski definition) is 1. The summed E-state index contributed by atoms with van der Waals surface area (Å²) < 4.78 is 14.2. The zero-order chi connectivity index (χ0) is 9.84. The molecular formula is C9H10BrClFN. The molecule has 0 saturated carbocycles. The van der Waals surface area contributed by atoms with Crippen molar-refractivity contribution in [2.24, 2.45) is 0 Å². The maximum Gasteiger partial charge on any atom is 0.146 e. The van der Waals surface area contributed by atoms with Crippen molar-refractivity contribution in [2.75, 3.05) is 13.6 Å². The van der Waals surface area contributed by atoms with E-state index in [0.717, 1.165) is 11.0 Å². The molecule has 0 radical (unpaired) electrons. The summed E-state index contributed by atoms with van der Waals surface area (Å²) in [7, 11) is 1.83. The predicted molar refractivity (Wildman–Crippen MR) is 56.7 cm³/mol. The van der Waals surface area contributed by atoms with Gasteiger partial charge in [-0.15, -0.1) is 0 Å². The lowest BCUT2D eigenvalue weighted by Gasteiger charge is -2.06. The van der Waals surface area contributed by atoms with Crippen molar-refractivity contribution in [3.63, 3.8) is 0 Å². The quantitative estimate of drug-likeness (QED) is 0.829. The van der Waals surface area contributed by atoms with Crippen LogP contribution >= 0.6 is 27.5 Å². The van der Waals surface area contributed by atoms with Crippen molar-refractivity contribution in [3.05, 3.63) is 33.0 Å². The Bertz CT molecular complexity index is 304. The van der Waals surface area contributed by atoms with Gasteiger partial charge in [0.25, 0.3) is 0 Å². The fourth-order valence-electron chi connectivity index (χ4n) is 1.05. The molecular weight excluding hydrogens is 256 g/mol. The second kappa shape index (κ2) is 4.94. The van der Waals surface area contributed by atoms with Crippen LogP contribution in [0.4, 0.5) is 4.39 Å². The summed E-state index contributed by atoms with van der Waals surface area (Å²) in [5.74, 6) is -0.328. The average molecular weight is 267 g/mol. The number of nitrogens with one attached hydrogen (secondary N) is 1. The topological polar surface area (TPSA) is 12.0 Å². The average Bonchev–Trinajstić information content (AvgIpc) is 2.12. The van der Waals surface area contributed by atoms with Gasteiger partial charge in [-0.1, -0.05) is 27.5 Å². The molecule has 1 N–H and O–H groups in total. The molecule has 1 aromatic rings. The molecule has 72 valence electrons. The van der Waals surface area contributed by atoms with Gasteiger partial charge in [-0.3, -0.25) is 0 Å². The van der Waals surface area contributed by atoms with Crippen molar-refractivity contribution in [3.8, 4) is 0 Å². The third-order valence-electron chi connectivity index (χ3n) is 1.76. The maximum atomic E-state index is 13.4. The van der Waals surface area contributed by atoms with Crippen molar-refractivity contribution in [1.29, 1.82) is 0 Å². The van der Waals surface area contributed by atoms with Crippen LogP contribution in [0, 0.1) is 5.82 Å². The van der Waals surface area contributed by atoms with Crippen LogP contribution < -0.4 is 5.32 Å². The molecule has 1 rings (SSSR count). The molecule has 0 aliphatic heterocycles. The Morgan fingerprint density at radius 3 is 2.85 bits per heavy atom. The van der Waals surface area contributed by atoms with E-state index in [1.54, 1.807) is 12.1 Å². The lowest BCUT2D eigenvalue weighted by molar-refractivity contribution is 0.604. The Morgan fingerprint density at radius 2 is 2.23 bits per heavy atom. The van der Waals surface area contributed by atoms with Crippen molar-refractivity contribution < 1.29 is 4.39 Å². The summed E-state index contributed by atoms with van der Waals surface area (Å²) in [4.78, 5) is 0. The lowest BCUT2D eigenvalue weighted by atomic mass is 10.1. The fourth-order valence-corrected chi connectivity index (χ4v) is 1.73. The molecule has 1 aromatic carbocycles. The van der Waals surface area contributed by atoms with Gasteiger partial charge >= 0.3 is 0 Å². The van der Waals surface area contributed by atoms with Gasteiger partial charge < -0.3 is 5.32 Å². The summed E-state index contributed by atoms with van der Waals surface area (Å²) >= 11 is 8.93. The summed E-state index contributed by atoms with van der Waals surface area (Å²) in [6, 6.07) is 3.31. The molecule has 0 aliphatic rings. The first-order chi connectivity index (χ1) is 6.16. The minimum atomic E-state index is -0.328. The van der Waals surface area contributed by atoms with E-state index in [1.807, 2.05) is 7.05 Å². The minimum Gasteiger partial charge on any atom is -0.319 e. The highest BCUT2D eigenvalue weighted by Gasteiger charge is 2.09. The second-order valence-electron chi connectivity index (χ2n) is 2.68. The van der Waals surface area contributed by atoms with Crippen molar-refractivity contribution in [1.82, 2.24) is 5.32 Å². The third-order valence-corrected chi connectivity index (χ3v) is 2.80. The SMILES string of the molecule is CNCCc1c(Br)ccc(Cl)c1F. The Morgan fingerprint density at radius 1 is 1.54 bits per heavy atom. The van der Waals surface area contributed by atoms with E-state index in [4.69, 9.17) is 11.6 Å². The van der Waals surface area contributed by atoms with Crippen LogP contribution in [0.15, 0.2) is 16.6 Å². The highest BCUT2D eigenvalue weighted by molar-refractivity contribution is 9.10. The first kappa shape index (κ1) is 11.0. The minimum absolute atomic E-state index is 0.175. The Balaban J connectivity index is 2.96. The van der Waals surface area contributed by atoms with Crippen LogP contribution in [0.5, 0.6) is 0 Å². The zero-order valence-corrected chi connectivity index (χ0v) is 9.54. The molecule has 13 heavy (non-hydrogen) atoms. The van der Waals surface area contributed by atoms with Gasteiger partial charge in [0.15, 0.2) is 0 Å². The highest BCUT2D eigenvalue weighted by Crippen LogP contribution is 2.25. The monoisotopic (exact) mass is 265 g/mol. The van der Waals surface area contributed by atoms with Crippen LogP contribution in [0.1, 0.15) is 5.56 Å². The van der Waals surface area contributed by atoms with E-state index in [2.05, 4.69) is 21.2 Å². The first-order valence-electron chi connectivity index (χ1n) is 3.93. The van der Waals surface area contributed by atoms with Crippen LogP contribution in [0.25, 0.3) is 0 Å². The fraction of sp³-hybridized carbons (Fsp3) is 0.333. The zero-order valence-electron chi connectivity index (χ0n) is 7.20. The number of benzene rings is 1. The maximum absolute atomic E-state index is 13.4. The van der Waals surface area contributed by atoms with Gasteiger partial charge in [-0.2, -0.15) is 0 Å². The van der Waals surface area contributed by atoms with Gasteiger partial charge in [0.05, 0.1) is 5.02 Å². The van der Waals surface area contributed by atoms with E-state index >= 15 is 0 Å². The van der Waals surface area contributed by atoms with E-state index in [9.17, 15) is 4.39 Å². The highest BCUT2D eigenvalue weighted by atomic mass is 79.9. The Hall–Kier alpha value is -0.120. The summed E-state index contributed by atoms with van der Waals surface area (Å²) in [6.07, 6.45) is 0.628. The molecule has 1 nitrogen and oxygen atoms in total. The van der Waals surface area contributed by atoms with Gasteiger partial charge in [0.1, 0.15) is 5.82 Å². The van der Waals surface area contributed by atoms with Crippen LogP contribution in [0.3, 0.4) is 0 Å². The Labute approximate surface area is 90.4 Å². The third kappa shape index (κ3) is 2.66. The molecule has 0 unspecified atom stereocenters. The number of halogens is 3. The molecule has 0 spiro atoms. The molecule has 0 bridgehead atoms. The van der Waals surface area contributed by atoms with Crippen LogP contribution in [0.2, 0.25) is 5.02 Å². The van der Waals surface area contributed by atoms with E-state index in [1.165, 1.54) is 0 Å². The standard InChI is InChI=1S/C9H10BrClFN/c1-13-5-4-6-7(10)2-3-8(11)9(6)12/h2-3,13H,4-5H2,1H3. The smallest absolute Gasteiger partial charge is 0.146 e. The van der Waals surface area contributed by atoms with Crippen molar-refractivity contribution in [2.45, 2.75) is 6.42 Å². The van der Waals surface area contributed by atoms with E-state index in [-0.39, 0.29) is 10.8 Å². The number of hydrogen-bond donors (Lipinski definition) is 1. The summed E-state index contributed by atoms with van der Waals surface area (Å²) in [5.41, 5.74) is 0.627. The number of likely N-dealkylation sites (N-methyl/N-ethyl adjacent to an activating group) is 1. The van der Waals surface area contributed by atoms with Crippen LogP contribution in [-0.4, -0.2) is 13.6 Å². The largest absolute Gasteiger partial charge is 0.319 e. The van der Waals surface area contributed by atoms with Gasteiger partial charge in [0, 0.05) is 10.0 Å². The molecule has 0 aliphatic carbocycles. The Kier molecular flexibility index (Phi) is 4.16. The molecule has 0 atom stereocenters. The summed E-state index contributed by atoms with van der Waals surface area (Å²) in [6.45, 7) is 0.732. The van der Waals surface area contributed by atoms with E-state index < -0.39 is 0 Å². The molecule has 0 saturated heterocycles. The van der Waals surface area contributed by atoms with Gasteiger partial charge in [0.2, 0.25) is 0 Å². The lowest BCUT2D eigenvalue weighted by Crippen LogP contribution is -2.11. The molecule has 0 aromatic heterocycles. The molecule has 0 heterocycles. The molecule has 4 heteroatoms.